The second-order valence-electron chi connectivity index (χ2n) is 5.74. The van der Waals surface area contributed by atoms with Crippen LogP contribution in [0.3, 0.4) is 0 Å². The van der Waals surface area contributed by atoms with Crippen molar-refractivity contribution < 1.29 is 4.79 Å². The molecule has 4 N–H and O–H groups in total. The second kappa shape index (κ2) is 7.29. The number of carbonyl (C=O) groups is 1. The van der Waals surface area contributed by atoms with Crippen LogP contribution in [0.5, 0.6) is 0 Å². The molecule has 1 aliphatic rings. The van der Waals surface area contributed by atoms with Crippen LogP contribution in [0.1, 0.15) is 31.2 Å². The standard InChI is InChI=1S/C16H25N3O/c1-12-5-4-8-15(9-12)19-16(20)18-11-14-7-3-2-6-13(14)10-17/h4-5,8-9,13-14H,2-3,6-7,10-11,17H2,1H3,(H2,18,19,20). The number of urea groups is 1. The van der Waals surface area contributed by atoms with Crippen LogP contribution in [-0.4, -0.2) is 19.1 Å². The van der Waals surface area contributed by atoms with Gasteiger partial charge in [-0.05, 0) is 55.8 Å². The Morgan fingerprint density at radius 3 is 2.75 bits per heavy atom. The average Bonchev–Trinajstić information content (AvgIpc) is 2.45. The van der Waals surface area contributed by atoms with Crippen molar-refractivity contribution in [2.75, 3.05) is 18.4 Å². The molecule has 2 unspecified atom stereocenters. The lowest BCUT2D eigenvalue weighted by Gasteiger charge is -2.30. The Bertz CT molecular complexity index is 447. The highest BCUT2D eigenvalue weighted by atomic mass is 16.2. The van der Waals surface area contributed by atoms with Gasteiger partial charge in [0.25, 0.3) is 0 Å². The first-order chi connectivity index (χ1) is 9.69. The Labute approximate surface area is 121 Å². The smallest absolute Gasteiger partial charge is 0.319 e. The molecule has 2 atom stereocenters. The van der Waals surface area contributed by atoms with Gasteiger partial charge >= 0.3 is 6.03 Å². The van der Waals surface area contributed by atoms with E-state index in [-0.39, 0.29) is 6.03 Å². The number of amides is 2. The van der Waals surface area contributed by atoms with Gasteiger partial charge in [0.05, 0.1) is 0 Å². The molecule has 4 heteroatoms. The van der Waals surface area contributed by atoms with E-state index in [1.165, 1.54) is 25.7 Å². The Hall–Kier alpha value is -1.55. The number of rotatable bonds is 4. The van der Waals surface area contributed by atoms with Crippen molar-refractivity contribution in [1.82, 2.24) is 5.32 Å². The van der Waals surface area contributed by atoms with E-state index in [2.05, 4.69) is 10.6 Å². The molecule has 1 saturated carbocycles. The van der Waals surface area contributed by atoms with E-state index in [0.29, 0.717) is 11.8 Å². The monoisotopic (exact) mass is 275 g/mol. The summed E-state index contributed by atoms with van der Waals surface area (Å²) in [4.78, 5) is 11.9. The third-order valence-corrected chi connectivity index (χ3v) is 4.17. The number of hydrogen-bond acceptors (Lipinski definition) is 2. The zero-order chi connectivity index (χ0) is 14.4. The molecule has 0 saturated heterocycles. The quantitative estimate of drug-likeness (QED) is 0.791. The Kier molecular flexibility index (Phi) is 5.41. The second-order valence-corrected chi connectivity index (χ2v) is 5.74. The molecule has 110 valence electrons. The minimum atomic E-state index is -0.128. The third kappa shape index (κ3) is 4.23. The maximum absolute atomic E-state index is 11.9. The van der Waals surface area contributed by atoms with E-state index < -0.39 is 0 Å². The van der Waals surface area contributed by atoms with Crippen molar-refractivity contribution in [2.24, 2.45) is 17.6 Å². The van der Waals surface area contributed by atoms with Gasteiger partial charge in [-0.2, -0.15) is 0 Å². The van der Waals surface area contributed by atoms with Crippen LogP contribution < -0.4 is 16.4 Å². The van der Waals surface area contributed by atoms with Crippen LogP contribution in [0.4, 0.5) is 10.5 Å². The van der Waals surface area contributed by atoms with Crippen LogP contribution in [-0.2, 0) is 0 Å². The Morgan fingerprint density at radius 1 is 1.30 bits per heavy atom. The number of aryl methyl sites for hydroxylation is 1. The molecule has 0 spiro atoms. The summed E-state index contributed by atoms with van der Waals surface area (Å²) in [5.74, 6) is 1.08. The summed E-state index contributed by atoms with van der Waals surface area (Å²) in [6.07, 6.45) is 4.89. The molecular formula is C16H25N3O. The van der Waals surface area contributed by atoms with Crippen molar-refractivity contribution in [2.45, 2.75) is 32.6 Å². The zero-order valence-electron chi connectivity index (χ0n) is 12.2. The highest BCUT2D eigenvalue weighted by Crippen LogP contribution is 2.28. The topological polar surface area (TPSA) is 67.2 Å². The highest BCUT2D eigenvalue weighted by molar-refractivity contribution is 5.89. The third-order valence-electron chi connectivity index (χ3n) is 4.17. The maximum atomic E-state index is 11.9. The first-order valence-corrected chi connectivity index (χ1v) is 7.50. The summed E-state index contributed by atoms with van der Waals surface area (Å²) in [6.45, 7) is 3.46. The van der Waals surface area contributed by atoms with Crippen molar-refractivity contribution in [3.63, 3.8) is 0 Å². The van der Waals surface area contributed by atoms with E-state index in [9.17, 15) is 4.79 Å². The van der Waals surface area contributed by atoms with Crippen LogP contribution >= 0.6 is 0 Å². The van der Waals surface area contributed by atoms with Crippen LogP contribution in [0, 0.1) is 18.8 Å². The van der Waals surface area contributed by atoms with Crippen LogP contribution in [0.25, 0.3) is 0 Å². The van der Waals surface area contributed by atoms with Gasteiger partial charge in [-0.3, -0.25) is 0 Å². The molecule has 1 aromatic carbocycles. The minimum absolute atomic E-state index is 0.128. The van der Waals surface area contributed by atoms with Gasteiger partial charge < -0.3 is 16.4 Å². The van der Waals surface area contributed by atoms with Gasteiger partial charge in [-0.25, -0.2) is 4.79 Å². The van der Waals surface area contributed by atoms with Gasteiger partial charge in [-0.1, -0.05) is 25.0 Å². The van der Waals surface area contributed by atoms with E-state index in [4.69, 9.17) is 5.73 Å². The van der Waals surface area contributed by atoms with Gasteiger partial charge in [0.15, 0.2) is 0 Å². The van der Waals surface area contributed by atoms with Crippen molar-refractivity contribution >= 4 is 11.7 Å². The lowest BCUT2D eigenvalue weighted by Crippen LogP contribution is -2.38. The Morgan fingerprint density at radius 2 is 2.05 bits per heavy atom. The lowest BCUT2D eigenvalue weighted by molar-refractivity contribution is 0.225. The minimum Gasteiger partial charge on any atom is -0.338 e. The molecule has 2 amide bonds. The molecule has 1 aliphatic carbocycles. The summed E-state index contributed by atoms with van der Waals surface area (Å²) in [5.41, 5.74) is 7.78. The Balaban J connectivity index is 1.79. The number of hydrogen-bond donors (Lipinski definition) is 3. The number of nitrogens with one attached hydrogen (secondary N) is 2. The first kappa shape index (κ1) is 14.9. The SMILES string of the molecule is Cc1cccc(NC(=O)NCC2CCCCC2CN)c1. The zero-order valence-corrected chi connectivity index (χ0v) is 12.2. The molecule has 0 radical (unpaired) electrons. The van der Waals surface area contributed by atoms with Gasteiger partial charge in [0, 0.05) is 12.2 Å². The van der Waals surface area contributed by atoms with Crippen molar-refractivity contribution in [3.05, 3.63) is 29.8 Å². The molecule has 0 bridgehead atoms. The van der Waals surface area contributed by atoms with Crippen LogP contribution in [0.2, 0.25) is 0 Å². The molecule has 1 fully saturated rings. The molecule has 20 heavy (non-hydrogen) atoms. The average molecular weight is 275 g/mol. The fourth-order valence-electron chi connectivity index (χ4n) is 2.99. The summed E-state index contributed by atoms with van der Waals surface area (Å²) in [6, 6.07) is 7.68. The molecule has 0 aliphatic heterocycles. The summed E-state index contributed by atoms with van der Waals surface area (Å²) < 4.78 is 0. The summed E-state index contributed by atoms with van der Waals surface area (Å²) in [5, 5.41) is 5.85. The number of anilines is 1. The fraction of sp³-hybridized carbons (Fsp3) is 0.562. The highest BCUT2D eigenvalue weighted by Gasteiger charge is 2.24. The van der Waals surface area contributed by atoms with E-state index in [0.717, 1.165) is 24.3 Å². The maximum Gasteiger partial charge on any atom is 0.319 e. The number of benzene rings is 1. The molecule has 2 rings (SSSR count). The van der Waals surface area contributed by atoms with Crippen molar-refractivity contribution in [3.8, 4) is 0 Å². The molecule has 1 aromatic rings. The van der Waals surface area contributed by atoms with E-state index >= 15 is 0 Å². The summed E-state index contributed by atoms with van der Waals surface area (Å²) in [7, 11) is 0. The van der Waals surface area contributed by atoms with Gasteiger partial charge in [0.2, 0.25) is 0 Å². The lowest BCUT2D eigenvalue weighted by atomic mass is 9.79. The first-order valence-electron chi connectivity index (χ1n) is 7.50. The number of carbonyl (C=O) groups excluding carboxylic acids is 1. The predicted octanol–water partition coefficient (Wildman–Crippen LogP) is 2.88. The van der Waals surface area contributed by atoms with Gasteiger partial charge in [-0.15, -0.1) is 0 Å². The molecular weight excluding hydrogens is 250 g/mol. The van der Waals surface area contributed by atoms with E-state index in [1.807, 2.05) is 31.2 Å². The summed E-state index contributed by atoms with van der Waals surface area (Å²) >= 11 is 0. The fourth-order valence-corrected chi connectivity index (χ4v) is 2.99. The normalized spacial score (nSPS) is 22.3. The van der Waals surface area contributed by atoms with Crippen molar-refractivity contribution in [1.29, 1.82) is 0 Å². The molecule has 0 aromatic heterocycles. The largest absolute Gasteiger partial charge is 0.338 e. The van der Waals surface area contributed by atoms with Gasteiger partial charge in [0.1, 0.15) is 0 Å². The molecule has 0 heterocycles. The van der Waals surface area contributed by atoms with E-state index in [1.54, 1.807) is 0 Å². The predicted molar refractivity (Wildman–Crippen MR) is 82.7 cm³/mol. The van der Waals surface area contributed by atoms with Crippen LogP contribution in [0.15, 0.2) is 24.3 Å². The number of nitrogens with two attached hydrogens (primary N) is 1. The molecule has 4 nitrogen and oxygen atoms in total.